The van der Waals surface area contributed by atoms with Gasteiger partial charge in [-0.15, -0.1) is 0 Å². The maximum atomic E-state index is 4.35. The van der Waals surface area contributed by atoms with Crippen molar-refractivity contribution < 1.29 is 0 Å². The summed E-state index contributed by atoms with van der Waals surface area (Å²) in [5, 5.41) is 5.46. The van der Waals surface area contributed by atoms with Gasteiger partial charge in [0.2, 0.25) is 0 Å². The zero-order valence-corrected chi connectivity index (χ0v) is 10.4. The molecule has 0 amide bonds. The molecule has 0 saturated heterocycles. The Morgan fingerprint density at radius 2 is 2.00 bits per heavy atom. The first-order valence-corrected chi connectivity index (χ1v) is 5.83. The Morgan fingerprint density at radius 3 is 2.88 bits per heavy atom. The standard InChI is InChI=1S/C11H7IN4/c12-9-6-13-7-14-11(9)16-10-4-2-1-3-8(10)5-15-16/h1-7H. The third kappa shape index (κ3) is 1.47. The molecule has 0 radical (unpaired) electrons. The highest BCUT2D eigenvalue weighted by Crippen LogP contribution is 2.19. The second-order valence-corrected chi connectivity index (χ2v) is 4.47. The predicted molar refractivity (Wildman–Crippen MR) is 69.4 cm³/mol. The molecule has 2 aromatic heterocycles. The van der Waals surface area contributed by atoms with Crippen LogP contribution in [0.15, 0.2) is 43.0 Å². The van der Waals surface area contributed by atoms with Crippen LogP contribution in [0.3, 0.4) is 0 Å². The van der Waals surface area contributed by atoms with E-state index in [0.717, 1.165) is 20.3 Å². The van der Waals surface area contributed by atoms with E-state index in [9.17, 15) is 0 Å². The van der Waals surface area contributed by atoms with E-state index < -0.39 is 0 Å². The SMILES string of the molecule is Ic1cncnc1-n1ncc2ccccc21. The van der Waals surface area contributed by atoms with Crippen molar-refractivity contribution in [3.8, 4) is 5.82 Å². The molecule has 0 saturated carbocycles. The summed E-state index contributed by atoms with van der Waals surface area (Å²) in [5.41, 5.74) is 1.05. The third-order valence-corrected chi connectivity index (χ3v) is 3.09. The monoisotopic (exact) mass is 322 g/mol. The number of hydrogen-bond donors (Lipinski definition) is 0. The summed E-state index contributed by atoms with van der Waals surface area (Å²) in [5.74, 6) is 0.816. The van der Waals surface area contributed by atoms with Crippen molar-refractivity contribution in [2.24, 2.45) is 0 Å². The Labute approximate surface area is 105 Å². The van der Waals surface area contributed by atoms with Gasteiger partial charge in [0.1, 0.15) is 6.33 Å². The maximum Gasteiger partial charge on any atom is 0.170 e. The maximum absolute atomic E-state index is 4.35. The molecule has 0 bridgehead atoms. The van der Waals surface area contributed by atoms with Gasteiger partial charge in [-0.2, -0.15) is 5.10 Å². The average molecular weight is 322 g/mol. The van der Waals surface area contributed by atoms with Gasteiger partial charge < -0.3 is 0 Å². The molecule has 0 aliphatic rings. The second kappa shape index (κ2) is 3.82. The zero-order chi connectivity index (χ0) is 11.0. The summed E-state index contributed by atoms with van der Waals surface area (Å²) in [7, 11) is 0. The number of para-hydroxylation sites is 1. The molecule has 16 heavy (non-hydrogen) atoms. The Kier molecular flexibility index (Phi) is 2.32. The minimum Gasteiger partial charge on any atom is -0.244 e. The van der Waals surface area contributed by atoms with Crippen LogP contribution in [-0.4, -0.2) is 19.7 Å². The van der Waals surface area contributed by atoms with Crippen molar-refractivity contribution in [3.63, 3.8) is 0 Å². The van der Waals surface area contributed by atoms with Gasteiger partial charge in [0.15, 0.2) is 5.82 Å². The molecule has 4 nitrogen and oxygen atoms in total. The lowest BCUT2D eigenvalue weighted by Crippen LogP contribution is -2.02. The minimum absolute atomic E-state index is 0.816. The Morgan fingerprint density at radius 1 is 1.12 bits per heavy atom. The van der Waals surface area contributed by atoms with Gasteiger partial charge in [0.25, 0.3) is 0 Å². The first kappa shape index (κ1) is 9.71. The molecule has 0 spiro atoms. The molecule has 78 valence electrons. The largest absolute Gasteiger partial charge is 0.244 e. The van der Waals surface area contributed by atoms with Crippen molar-refractivity contribution in [3.05, 3.63) is 46.6 Å². The van der Waals surface area contributed by atoms with E-state index in [1.54, 1.807) is 6.20 Å². The van der Waals surface area contributed by atoms with E-state index in [2.05, 4.69) is 37.7 Å². The number of benzene rings is 1. The zero-order valence-electron chi connectivity index (χ0n) is 8.21. The number of hydrogen-bond acceptors (Lipinski definition) is 3. The quantitative estimate of drug-likeness (QED) is 0.646. The average Bonchev–Trinajstić information content (AvgIpc) is 2.74. The Balaban J connectivity index is 2.31. The summed E-state index contributed by atoms with van der Waals surface area (Å²) < 4.78 is 2.81. The molecule has 0 aliphatic carbocycles. The number of fused-ring (bicyclic) bond motifs is 1. The summed E-state index contributed by atoms with van der Waals surface area (Å²) >= 11 is 2.21. The summed E-state index contributed by atoms with van der Waals surface area (Å²) in [4.78, 5) is 8.23. The first-order chi connectivity index (χ1) is 7.86. The van der Waals surface area contributed by atoms with Crippen LogP contribution in [0.2, 0.25) is 0 Å². The molecule has 3 aromatic rings. The molecule has 0 atom stereocenters. The molecule has 1 aromatic carbocycles. The number of halogens is 1. The molecular weight excluding hydrogens is 315 g/mol. The van der Waals surface area contributed by atoms with E-state index in [0.29, 0.717) is 0 Å². The van der Waals surface area contributed by atoms with Gasteiger partial charge >= 0.3 is 0 Å². The van der Waals surface area contributed by atoms with Crippen molar-refractivity contribution in [2.45, 2.75) is 0 Å². The molecule has 3 rings (SSSR count). The van der Waals surface area contributed by atoms with Crippen molar-refractivity contribution in [1.82, 2.24) is 19.7 Å². The molecule has 2 heterocycles. The molecular formula is C11H7IN4. The Hall–Kier alpha value is -1.50. The van der Waals surface area contributed by atoms with Gasteiger partial charge in [-0.25, -0.2) is 14.6 Å². The van der Waals surface area contributed by atoms with Crippen molar-refractivity contribution in [2.75, 3.05) is 0 Å². The molecule has 5 heteroatoms. The predicted octanol–water partition coefficient (Wildman–Crippen LogP) is 2.42. The Bertz CT molecular complexity index is 647. The van der Waals surface area contributed by atoms with Gasteiger partial charge in [0.05, 0.1) is 15.3 Å². The lowest BCUT2D eigenvalue weighted by Gasteiger charge is -2.03. The van der Waals surface area contributed by atoms with Crippen LogP contribution < -0.4 is 0 Å². The van der Waals surface area contributed by atoms with E-state index >= 15 is 0 Å². The van der Waals surface area contributed by atoms with Gasteiger partial charge in [0, 0.05) is 11.6 Å². The summed E-state index contributed by atoms with van der Waals surface area (Å²) in [6.45, 7) is 0. The first-order valence-electron chi connectivity index (χ1n) is 4.75. The fourth-order valence-electron chi connectivity index (χ4n) is 1.60. The van der Waals surface area contributed by atoms with E-state index in [-0.39, 0.29) is 0 Å². The lowest BCUT2D eigenvalue weighted by molar-refractivity contribution is 0.858. The van der Waals surface area contributed by atoms with Crippen molar-refractivity contribution >= 4 is 33.5 Å². The molecule has 0 fully saturated rings. The van der Waals surface area contributed by atoms with Crippen LogP contribution in [-0.2, 0) is 0 Å². The van der Waals surface area contributed by atoms with E-state index in [1.165, 1.54) is 6.33 Å². The van der Waals surface area contributed by atoms with Crippen LogP contribution in [0.4, 0.5) is 0 Å². The fraction of sp³-hybridized carbons (Fsp3) is 0. The van der Waals surface area contributed by atoms with Crippen LogP contribution in [0.5, 0.6) is 0 Å². The van der Waals surface area contributed by atoms with E-state index in [1.807, 2.05) is 35.1 Å². The highest BCUT2D eigenvalue weighted by Gasteiger charge is 2.08. The highest BCUT2D eigenvalue weighted by molar-refractivity contribution is 14.1. The van der Waals surface area contributed by atoms with Gasteiger partial charge in [-0.1, -0.05) is 18.2 Å². The second-order valence-electron chi connectivity index (χ2n) is 3.31. The number of nitrogens with zero attached hydrogens (tertiary/aromatic N) is 4. The highest BCUT2D eigenvalue weighted by atomic mass is 127. The molecule has 0 aliphatic heterocycles. The number of rotatable bonds is 1. The summed E-state index contributed by atoms with van der Waals surface area (Å²) in [6.07, 6.45) is 5.15. The molecule has 0 unspecified atom stereocenters. The summed E-state index contributed by atoms with van der Waals surface area (Å²) in [6, 6.07) is 8.06. The van der Waals surface area contributed by atoms with Gasteiger partial charge in [-0.3, -0.25) is 0 Å². The topological polar surface area (TPSA) is 43.6 Å². The van der Waals surface area contributed by atoms with Crippen LogP contribution in [0.25, 0.3) is 16.7 Å². The van der Waals surface area contributed by atoms with E-state index in [4.69, 9.17) is 0 Å². The number of aromatic nitrogens is 4. The smallest absolute Gasteiger partial charge is 0.170 e. The van der Waals surface area contributed by atoms with Crippen LogP contribution in [0.1, 0.15) is 0 Å². The normalized spacial score (nSPS) is 10.8. The van der Waals surface area contributed by atoms with Crippen LogP contribution in [0, 0.1) is 3.57 Å². The minimum atomic E-state index is 0.816. The fourth-order valence-corrected chi connectivity index (χ4v) is 2.13. The molecule has 0 N–H and O–H groups in total. The van der Waals surface area contributed by atoms with Crippen molar-refractivity contribution in [1.29, 1.82) is 0 Å². The third-order valence-electron chi connectivity index (χ3n) is 2.33. The van der Waals surface area contributed by atoms with Crippen LogP contribution >= 0.6 is 22.6 Å². The lowest BCUT2D eigenvalue weighted by atomic mass is 10.2. The van der Waals surface area contributed by atoms with Gasteiger partial charge in [-0.05, 0) is 28.7 Å².